The zero-order valence-electron chi connectivity index (χ0n) is 13.5. The van der Waals surface area contributed by atoms with Crippen molar-refractivity contribution in [1.82, 2.24) is 4.90 Å². The average Bonchev–Trinajstić information content (AvgIpc) is 2.58. The maximum atomic E-state index is 5.86. The van der Waals surface area contributed by atoms with Gasteiger partial charge in [0.15, 0.2) is 0 Å². The number of hydrogen-bond donors (Lipinski definition) is 1. The first-order valence-corrected chi connectivity index (χ1v) is 8.52. The van der Waals surface area contributed by atoms with E-state index in [1.54, 1.807) is 0 Å². The minimum absolute atomic E-state index is 0. The van der Waals surface area contributed by atoms with Gasteiger partial charge < -0.3 is 35.3 Å². The van der Waals surface area contributed by atoms with E-state index in [-0.39, 0.29) is 24.8 Å². The molecule has 1 aliphatic heterocycles. The van der Waals surface area contributed by atoms with Crippen molar-refractivity contribution in [2.24, 2.45) is 5.73 Å². The van der Waals surface area contributed by atoms with Crippen LogP contribution in [-0.2, 0) is 17.8 Å². The minimum Gasteiger partial charge on any atom is -1.00 e. The van der Waals surface area contributed by atoms with Gasteiger partial charge in [-0.15, -0.1) is 0 Å². The van der Waals surface area contributed by atoms with E-state index in [2.05, 4.69) is 47.4 Å². The first-order valence-electron chi connectivity index (χ1n) is 7.70. The lowest BCUT2D eigenvalue weighted by Gasteiger charge is -2.27. The molecule has 0 aromatic heterocycles. The Morgan fingerprint density at radius 2 is 1.42 bits per heavy atom. The summed E-state index contributed by atoms with van der Waals surface area (Å²) in [7, 11) is 0. The molecular weight excluding hydrogens is 363 g/mol. The second kappa shape index (κ2) is 11.0. The molecule has 6 heteroatoms. The van der Waals surface area contributed by atoms with Crippen molar-refractivity contribution in [2.45, 2.75) is 22.9 Å². The van der Waals surface area contributed by atoms with Crippen LogP contribution in [0.4, 0.5) is 0 Å². The van der Waals surface area contributed by atoms with Crippen molar-refractivity contribution in [1.29, 1.82) is 0 Å². The maximum absolute atomic E-state index is 5.86. The molecule has 0 unspecified atom stereocenters. The smallest absolute Gasteiger partial charge is 0.0594 e. The second-order valence-corrected chi connectivity index (χ2v) is 6.49. The molecule has 3 nitrogen and oxygen atoms in total. The van der Waals surface area contributed by atoms with Gasteiger partial charge in [-0.25, -0.2) is 0 Å². The molecule has 1 fully saturated rings. The van der Waals surface area contributed by atoms with Crippen molar-refractivity contribution in [3.05, 3.63) is 59.7 Å². The molecule has 0 radical (unpaired) electrons. The molecule has 1 saturated heterocycles. The third kappa shape index (κ3) is 5.66. The van der Waals surface area contributed by atoms with E-state index in [0.717, 1.165) is 32.8 Å². The highest BCUT2D eigenvalue weighted by molar-refractivity contribution is 7.99. The predicted octanol–water partition coefficient (Wildman–Crippen LogP) is -2.86. The highest BCUT2D eigenvalue weighted by atomic mass is 35.5. The number of benzene rings is 2. The molecule has 0 atom stereocenters. The van der Waals surface area contributed by atoms with Gasteiger partial charge in [-0.05, 0) is 23.3 Å². The van der Waals surface area contributed by atoms with Crippen LogP contribution in [0, 0.1) is 0 Å². The number of nitrogens with zero attached hydrogens (tertiary/aromatic N) is 1. The summed E-state index contributed by atoms with van der Waals surface area (Å²) >= 11 is 1.82. The molecule has 0 spiro atoms. The van der Waals surface area contributed by atoms with Crippen LogP contribution in [0.5, 0.6) is 0 Å². The summed E-state index contributed by atoms with van der Waals surface area (Å²) in [6, 6.07) is 17.0. The molecule has 2 aromatic rings. The average molecular weight is 385 g/mol. The van der Waals surface area contributed by atoms with Gasteiger partial charge in [-0.3, -0.25) is 4.90 Å². The fraction of sp³-hybridized carbons (Fsp3) is 0.333. The fourth-order valence-corrected chi connectivity index (χ4v) is 3.70. The monoisotopic (exact) mass is 384 g/mol. The van der Waals surface area contributed by atoms with Crippen LogP contribution >= 0.6 is 11.8 Å². The Kier molecular flexibility index (Phi) is 9.74. The zero-order valence-corrected chi connectivity index (χ0v) is 15.8. The molecule has 1 heterocycles. The molecule has 0 amide bonds. The van der Waals surface area contributed by atoms with Gasteiger partial charge >= 0.3 is 0 Å². The van der Waals surface area contributed by atoms with Crippen LogP contribution < -0.4 is 30.5 Å². The highest BCUT2D eigenvalue weighted by Crippen LogP contribution is 2.33. The Labute approximate surface area is 160 Å². The van der Waals surface area contributed by atoms with Crippen molar-refractivity contribution in [3.8, 4) is 0 Å². The van der Waals surface area contributed by atoms with E-state index in [4.69, 9.17) is 10.5 Å². The van der Waals surface area contributed by atoms with Crippen molar-refractivity contribution in [2.75, 3.05) is 26.3 Å². The highest BCUT2D eigenvalue weighted by Gasteiger charge is 2.13. The van der Waals surface area contributed by atoms with Crippen LogP contribution in [-0.4, -0.2) is 31.2 Å². The van der Waals surface area contributed by atoms with E-state index < -0.39 is 0 Å². The first kappa shape index (κ1) is 21.3. The number of nitrogens with two attached hydrogens (primary N) is 1. The van der Waals surface area contributed by atoms with Gasteiger partial charge in [0.25, 0.3) is 0 Å². The molecule has 0 bridgehead atoms. The Bertz CT molecular complexity index is 621. The Hall–Kier alpha value is -0.750. The number of ether oxygens (including phenoxy) is 1. The molecule has 2 N–H and O–H groups in total. The second-order valence-electron chi connectivity index (χ2n) is 5.41. The van der Waals surface area contributed by atoms with Gasteiger partial charge in [0, 0.05) is 36.0 Å². The van der Waals surface area contributed by atoms with E-state index >= 15 is 0 Å². The van der Waals surface area contributed by atoms with E-state index in [9.17, 15) is 0 Å². The van der Waals surface area contributed by atoms with Crippen LogP contribution in [0.1, 0.15) is 11.1 Å². The Morgan fingerprint density at radius 3 is 2.04 bits per heavy atom. The van der Waals surface area contributed by atoms with Crippen molar-refractivity contribution in [3.63, 3.8) is 0 Å². The lowest BCUT2D eigenvalue weighted by Crippen LogP contribution is -3.00. The Morgan fingerprint density at radius 1 is 0.875 bits per heavy atom. The summed E-state index contributed by atoms with van der Waals surface area (Å²) in [5.41, 5.74) is 8.43. The first-order chi connectivity index (χ1) is 10.9. The summed E-state index contributed by atoms with van der Waals surface area (Å²) in [6.07, 6.45) is 0. The van der Waals surface area contributed by atoms with Crippen LogP contribution in [0.3, 0.4) is 0 Å². The summed E-state index contributed by atoms with van der Waals surface area (Å²) in [4.78, 5) is 5.02. The normalized spacial score (nSPS) is 14.5. The quantitative estimate of drug-likeness (QED) is 0.601. The van der Waals surface area contributed by atoms with Gasteiger partial charge in [0.2, 0.25) is 0 Å². The van der Waals surface area contributed by atoms with E-state index in [1.807, 2.05) is 17.8 Å². The molecule has 0 aliphatic carbocycles. The van der Waals surface area contributed by atoms with Crippen molar-refractivity contribution >= 4 is 11.8 Å². The van der Waals surface area contributed by atoms with Gasteiger partial charge in [0.05, 0.1) is 13.2 Å². The lowest BCUT2D eigenvalue weighted by molar-refractivity contribution is -0.00100. The predicted molar refractivity (Wildman–Crippen MR) is 91.0 cm³/mol. The van der Waals surface area contributed by atoms with Gasteiger partial charge in [-0.2, -0.15) is 0 Å². The number of hydrogen-bond acceptors (Lipinski definition) is 4. The third-order valence-corrected chi connectivity index (χ3v) is 5.12. The fourth-order valence-electron chi connectivity index (χ4n) is 2.62. The van der Waals surface area contributed by atoms with Crippen LogP contribution in [0.25, 0.3) is 0 Å². The minimum atomic E-state index is 0. The summed E-state index contributed by atoms with van der Waals surface area (Å²) in [5, 5.41) is 0. The SMILES string of the molecule is NCc1ccccc1Sc1ccccc1CN1CCOCC1.[Cl-].[Cl-]. The van der Waals surface area contributed by atoms with Crippen molar-refractivity contribution < 1.29 is 29.6 Å². The van der Waals surface area contributed by atoms with Gasteiger partial charge in [-0.1, -0.05) is 48.2 Å². The molecule has 3 rings (SSSR count). The third-order valence-electron chi connectivity index (χ3n) is 3.88. The topological polar surface area (TPSA) is 38.5 Å². The number of morpholine rings is 1. The van der Waals surface area contributed by atoms with E-state index in [0.29, 0.717) is 6.54 Å². The number of rotatable bonds is 5. The molecule has 1 aliphatic rings. The molecular formula is C18H22Cl2N2OS-2. The van der Waals surface area contributed by atoms with Gasteiger partial charge in [0.1, 0.15) is 0 Å². The molecule has 0 saturated carbocycles. The number of halogens is 2. The van der Waals surface area contributed by atoms with E-state index in [1.165, 1.54) is 20.9 Å². The molecule has 132 valence electrons. The Balaban J connectivity index is 0.00000144. The molecule has 24 heavy (non-hydrogen) atoms. The largest absolute Gasteiger partial charge is 1.00 e. The van der Waals surface area contributed by atoms with Crippen LogP contribution in [0.2, 0.25) is 0 Å². The summed E-state index contributed by atoms with van der Waals surface area (Å²) in [5.74, 6) is 0. The zero-order chi connectivity index (χ0) is 15.2. The standard InChI is InChI=1S/C18H22N2OS.2ClH/c19-13-15-5-1-3-7-17(15)22-18-8-4-2-6-16(18)14-20-9-11-21-12-10-20;;/h1-8H,9-14,19H2;2*1H/p-2. The lowest BCUT2D eigenvalue weighted by atomic mass is 10.2. The maximum Gasteiger partial charge on any atom is 0.0594 e. The summed E-state index contributed by atoms with van der Waals surface area (Å²) < 4.78 is 5.43. The van der Waals surface area contributed by atoms with Crippen LogP contribution in [0.15, 0.2) is 58.3 Å². The summed E-state index contributed by atoms with van der Waals surface area (Å²) in [6.45, 7) is 5.26. The molecule has 2 aromatic carbocycles.